The van der Waals surface area contributed by atoms with Gasteiger partial charge >= 0.3 is 6.03 Å². The van der Waals surface area contributed by atoms with Gasteiger partial charge in [-0.1, -0.05) is 84.4 Å². The summed E-state index contributed by atoms with van der Waals surface area (Å²) in [5.74, 6) is -0.251. The Morgan fingerprint density at radius 1 is 0.973 bits per heavy atom. The van der Waals surface area contributed by atoms with E-state index in [-0.39, 0.29) is 11.9 Å². The normalized spacial score (nSPS) is 17.0. The summed E-state index contributed by atoms with van der Waals surface area (Å²) in [7, 11) is 0. The van der Waals surface area contributed by atoms with Gasteiger partial charge in [0.25, 0.3) is 5.91 Å². The lowest BCUT2D eigenvalue weighted by Crippen LogP contribution is -2.54. The van der Waals surface area contributed by atoms with Crippen LogP contribution in [0.2, 0.25) is 5.02 Å². The highest BCUT2D eigenvalue weighted by molar-refractivity contribution is 7.16. The minimum absolute atomic E-state index is 0.251. The number of likely N-dealkylation sites (tertiary alicyclic amines) is 1. The molecule has 5 rings (SSSR count). The van der Waals surface area contributed by atoms with Crippen molar-refractivity contribution in [3.8, 4) is 11.3 Å². The van der Waals surface area contributed by atoms with Crippen LogP contribution in [0.15, 0.2) is 84.9 Å². The first kappa shape index (κ1) is 25.0. The fraction of sp³-hybridized carbons (Fsp3) is 0.207. The Morgan fingerprint density at radius 2 is 1.65 bits per heavy atom. The minimum atomic E-state index is -1.01. The molecule has 2 N–H and O–H groups in total. The number of carbonyl (C=O) groups excluding carboxylic acids is 2. The molecule has 4 aromatic rings. The van der Waals surface area contributed by atoms with Gasteiger partial charge in [0, 0.05) is 23.4 Å². The molecule has 0 spiro atoms. The third-order valence-corrected chi connectivity index (χ3v) is 7.96. The molecule has 3 aromatic carbocycles. The number of aromatic nitrogens is 1. The van der Waals surface area contributed by atoms with Gasteiger partial charge in [0.15, 0.2) is 5.13 Å². The summed E-state index contributed by atoms with van der Waals surface area (Å²) in [6, 6.07) is 26.9. The van der Waals surface area contributed by atoms with Gasteiger partial charge in [0.2, 0.25) is 0 Å². The van der Waals surface area contributed by atoms with Gasteiger partial charge in [-0.2, -0.15) is 0 Å². The van der Waals surface area contributed by atoms with E-state index in [1.54, 1.807) is 36.1 Å². The summed E-state index contributed by atoms with van der Waals surface area (Å²) < 4.78 is 0. The number of anilines is 2. The van der Waals surface area contributed by atoms with Crippen molar-refractivity contribution in [2.24, 2.45) is 0 Å². The number of thiazole rings is 1. The number of rotatable bonds is 6. The zero-order chi connectivity index (χ0) is 25.8. The molecule has 0 bridgehead atoms. The molecule has 2 heterocycles. The summed E-state index contributed by atoms with van der Waals surface area (Å²) in [5.41, 5.74) is 2.53. The molecule has 1 aliphatic heterocycles. The molecule has 8 heteroatoms. The van der Waals surface area contributed by atoms with E-state index in [1.807, 2.05) is 48.5 Å². The summed E-state index contributed by atoms with van der Waals surface area (Å²) in [6.45, 7) is 2.28. The highest BCUT2D eigenvalue weighted by Crippen LogP contribution is 2.36. The maximum Gasteiger partial charge on any atom is 0.322 e. The summed E-state index contributed by atoms with van der Waals surface area (Å²) >= 11 is 7.69. The third-order valence-electron chi connectivity index (χ3n) is 6.66. The van der Waals surface area contributed by atoms with Crippen LogP contribution in [-0.4, -0.2) is 33.9 Å². The van der Waals surface area contributed by atoms with Crippen molar-refractivity contribution >= 4 is 45.7 Å². The average Bonchev–Trinajstić information content (AvgIpc) is 3.50. The number of amides is 3. The third kappa shape index (κ3) is 5.38. The zero-order valence-corrected chi connectivity index (χ0v) is 22.0. The lowest BCUT2D eigenvalue weighted by atomic mass is 9.98. The van der Waals surface area contributed by atoms with E-state index in [4.69, 9.17) is 16.6 Å². The van der Waals surface area contributed by atoms with Crippen molar-refractivity contribution in [3.63, 3.8) is 0 Å². The van der Waals surface area contributed by atoms with Crippen LogP contribution in [0.4, 0.5) is 15.6 Å². The average molecular weight is 531 g/mol. The number of nitrogens with zero attached hydrogens (tertiary/aromatic N) is 2. The zero-order valence-electron chi connectivity index (χ0n) is 20.4. The summed E-state index contributed by atoms with van der Waals surface area (Å²) in [5, 5.41) is 6.84. The molecule has 1 aliphatic rings. The largest absolute Gasteiger partial charge is 0.322 e. The second-order valence-electron chi connectivity index (χ2n) is 9.21. The van der Waals surface area contributed by atoms with Gasteiger partial charge < -0.3 is 10.2 Å². The molecule has 0 unspecified atom stereocenters. The van der Waals surface area contributed by atoms with Crippen LogP contribution < -0.4 is 10.6 Å². The van der Waals surface area contributed by atoms with Gasteiger partial charge in [0.1, 0.15) is 5.54 Å². The predicted octanol–water partition coefficient (Wildman–Crippen LogP) is 7.08. The Morgan fingerprint density at radius 3 is 2.38 bits per heavy atom. The van der Waals surface area contributed by atoms with Crippen LogP contribution in [0, 0.1) is 0 Å². The van der Waals surface area contributed by atoms with Crippen molar-refractivity contribution in [3.05, 3.63) is 100 Å². The van der Waals surface area contributed by atoms with Crippen LogP contribution in [0.5, 0.6) is 0 Å². The Bertz CT molecular complexity index is 1410. The maximum atomic E-state index is 13.6. The molecule has 6 nitrogen and oxygen atoms in total. The molecule has 1 fully saturated rings. The van der Waals surface area contributed by atoms with Crippen molar-refractivity contribution in [2.75, 3.05) is 17.2 Å². The predicted molar refractivity (Wildman–Crippen MR) is 150 cm³/mol. The number of para-hydroxylation sites is 1. The van der Waals surface area contributed by atoms with Crippen LogP contribution in [0.3, 0.4) is 0 Å². The fourth-order valence-corrected chi connectivity index (χ4v) is 5.83. The number of halogens is 1. The van der Waals surface area contributed by atoms with E-state index in [1.165, 1.54) is 16.9 Å². The first-order valence-electron chi connectivity index (χ1n) is 12.2. The lowest BCUT2D eigenvalue weighted by molar-refractivity contribution is -0.124. The molecule has 188 valence electrons. The molecule has 1 saturated heterocycles. The number of nitrogens with one attached hydrogen (secondary N) is 2. The van der Waals surface area contributed by atoms with Gasteiger partial charge in [-0.25, -0.2) is 9.78 Å². The van der Waals surface area contributed by atoms with Crippen LogP contribution in [0.1, 0.15) is 30.2 Å². The quantitative estimate of drug-likeness (QED) is 0.280. The molecule has 0 radical (unpaired) electrons. The SMILES string of the molecule is C[C@@]1(C(=O)Nc2nc(-c3ccccc3)c(Cc3ccccc3)s2)CCCN1C(=O)Nc1ccccc1Cl. The van der Waals surface area contributed by atoms with Gasteiger partial charge in [-0.15, -0.1) is 11.3 Å². The van der Waals surface area contributed by atoms with Crippen LogP contribution >= 0.6 is 22.9 Å². The Balaban J connectivity index is 1.38. The minimum Gasteiger partial charge on any atom is -0.310 e. The molecule has 37 heavy (non-hydrogen) atoms. The fourth-order valence-electron chi connectivity index (χ4n) is 4.63. The number of hydrogen-bond acceptors (Lipinski definition) is 4. The van der Waals surface area contributed by atoms with Crippen molar-refractivity contribution < 1.29 is 9.59 Å². The molecule has 1 aromatic heterocycles. The van der Waals surface area contributed by atoms with Crippen molar-refractivity contribution in [1.29, 1.82) is 0 Å². The van der Waals surface area contributed by atoms with E-state index in [0.717, 1.165) is 22.6 Å². The number of carbonyl (C=O) groups is 2. The second-order valence-corrected chi connectivity index (χ2v) is 10.7. The Labute approximate surface area is 225 Å². The van der Waals surface area contributed by atoms with Crippen molar-refractivity contribution in [2.45, 2.75) is 31.7 Å². The number of urea groups is 1. The first-order valence-corrected chi connectivity index (χ1v) is 13.4. The van der Waals surface area contributed by atoms with Gasteiger partial charge in [0.05, 0.1) is 16.4 Å². The Hall–Kier alpha value is -3.68. The standard InChI is InChI=1S/C29H27ClN4O2S/c1-29(17-10-18-34(29)28(36)31-23-16-9-8-15-22(23)30)26(35)33-27-32-25(21-13-6-3-7-14-21)24(37-27)19-20-11-4-2-5-12-20/h2-9,11-16H,10,17-19H2,1H3,(H,31,36)(H,32,33,35)/t29-/m0/s1. The molecule has 0 aliphatic carbocycles. The van der Waals surface area contributed by atoms with Crippen LogP contribution in [-0.2, 0) is 11.2 Å². The van der Waals surface area contributed by atoms with E-state index in [9.17, 15) is 9.59 Å². The molecule has 1 atom stereocenters. The highest BCUT2D eigenvalue weighted by atomic mass is 35.5. The van der Waals surface area contributed by atoms with Gasteiger partial charge in [-0.05, 0) is 37.5 Å². The lowest BCUT2D eigenvalue weighted by Gasteiger charge is -2.33. The highest BCUT2D eigenvalue weighted by Gasteiger charge is 2.46. The molecule has 0 saturated carbocycles. The molecular weight excluding hydrogens is 504 g/mol. The summed E-state index contributed by atoms with van der Waals surface area (Å²) in [6.07, 6.45) is 2.00. The van der Waals surface area contributed by atoms with Crippen LogP contribution in [0.25, 0.3) is 11.3 Å². The number of hydrogen-bond donors (Lipinski definition) is 2. The van der Waals surface area contributed by atoms with Crippen molar-refractivity contribution in [1.82, 2.24) is 9.88 Å². The van der Waals surface area contributed by atoms with E-state index in [2.05, 4.69) is 22.8 Å². The molecular formula is C29H27ClN4O2S. The Kier molecular flexibility index (Phi) is 7.26. The smallest absolute Gasteiger partial charge is 0.310 e. The van der Waals surface area contributed by atoms with E-state index >= 15 is 0 Å². The second kappa shape index (κ2) is 10.7. The van der Waals surface area contributed by atoms with Gasteiger partial charge in [-0.3, -0.25) is 10.1 Å². The number of benzene rings is 3. The topological polar surface area (TPSA) is 74.3 Å². The summed E-state index contributed by atoms with van der Waals surface area (Å²) in [4.78, 5) is 34.2. The first-order chi connectivity index (χ1) is 17.9. The maximum absolute atomic E-state index is 13.6. The molecule has 3 amide bonds. The monoisotopic (exact) mass is 530 g/mol. The van der Waals surface area contributed by atoms with E-state index < -0.39 is 5.54 Å². The van der Waals surface area contributed by atoms with E-state index in [0.29, 0.717) is 35.2 Å².